The van der Waals surface area contributed by atoms with Crippen molar-refractivity contribution in [3.05, 3.63) is 42.0 Å². The molecule has 0 spiro atoms. The van der Waals surface area contributed by atoms with Gasteiger partial charge in [0, 0.05) is 17.3 Å². The Labute approximate surface area is 69.9 Å². The predicted octanol–water partition coefficient (Wildman–Crippen LogP) is 2.68. The summed E-state index contributed by atoms with van der Waals surface area (Å²) in [7, 11) is 0. The zero-order valence-electron chi connectivity index (χ0n) is 6.71. The predicted molar refractivity (Wildman–Crippen MR) is 46.4 cm³/mol. The molecular formula is C10H8FN. The maximum Gasteiger partial charge on any atom is 0.123 e. The van der Waals surface area contributed by atoms with Crippen LogP contribution in [0.25, 0.3) is 10.8 Å². The van der Waals surface area contributed by atoms with Crippen molar-refractivity contribution in [1.29, 1.82) is 0 Å². The number of fused-ring (bicyclic) bond motifs is 1. The Morgan fingerprint density at radius 3 is 2.83 bits per heavy atom. The topological polar surface area (TPSA) is 12.9 Å². The molecule has 0 saturated heterocycles. The van der Waals surface area contributed by atoms with E-state index in [9.17, 15) is 4.39 Å². The molecular weight excluding hydrogens is 153 g/mol. The third kappa shape index (κ3) is 1.16. The van der Waals surface area contributed by atoms with Crippen LogP contribution in [-0.4, -0.2) is 4.98 Å². The lowest BCUT2D eigenvalue weighted by molar-refractivity contribution is 0.629. The molecule has 0 atom stereocenters. The summed E-state index contributed by atoms with van der Waals surface area (Å²) in [5.41, 5.74) is 0.953. The zero-order valence-corrected chi connectivity index (χ0v) is 6.71. The van der Waals surface area contributed by atoms with E-state index in [2.05, 4.69) is 4.98 Å². The Hall–Kier alpha value is -1.44. The van der Waals surface area contributed by atoms with Gasteiger partial charge in [-0.1, -0.05) is 6.07 Å². The number of pyridine rings is 1. The fourth-order valence-corrected chi connectivity index (χ4v) is 1.22. The van der Waals surface area contributed by atoms with Crippen LogP contribution in [0, 0.1) is 12.7 Å². The molecule has 0 unspecified atom stereocenters. The molecule has 0 fully saturated rings. The normalized spacial score (nSPS) is 10.5. The number of nitrogens with zero attached hydrogens (tertiary/aromatic N) is 1. The standard InChI is InChI=1S/C10H8FN/c1-7-4-8-2-3-10(11)5-9(8)6-12-7/h2-6H,1H3. The largest absolute Gasteiger partial charge is 0.261 e. The molecule has 0 aliphatic heterocycles. The first-order valence-electron chi connectivity index (χ1n) is 3.77. The number of hydrogen-bond donors (Lipinski definition) is 0. The van der Waals surface area contributed by atoms with Crippen LogP contribution in [0.5, 0.6) is 0 Å². The fraction of sp³-hybridized carbons (Fsp3) is 0.100. The van der Waals surface area contributed by atoms with Gasteiger partial charge < -0.3 is 0 Å². The summed E-state index contributed by atoms with van der Waals surface area (Å²) in [6.45, 7) is 1.92. The molecule has 0 N–H and O–H groups in total. The summed E-state index contributed by atoms with van der Waals surface area (Å²) < 4.78 is 12.7. The van der Waals surface area contributed by atoms with Crippen LogP contribution in [0.4, 0.5) is 4.39 Å². The highest BCUT2D eigenvalue weighted by Gasteiger charge is 1.95. The summed E-state index contributed by atoms with van der Waals surface area (Å²) in [5.74, 6) is -0.215. The van der Waals surface area contributed by atoms with Crippen LogP contribution >= 0.6 is 0 Å². The highest BCUT2D eigenvalue weighted by molar-refractivity contribution is 5.81. The van der Waals surface area contributed by atoms with E-state index >= 15 is 0 Å². The van der Waals surface area contributed by atoms with E-state index < -0.39 is 0 Å². The number of aryl methyl sites for hydroxylation is 1. The number of aromatic nitrogens is 1. The van der Waals surface area contributed by atoms with Gasteiger partial charge in [-0.2, -0.15) is 0 Å². The minimum absolute atomic E-state index is 0.215. The lowest BCUT2D eigenvalue weighted by Crippen LogP contribution is -1.81. The van der Waals surface area contributed by atoms with Gasteiger partial charge in [-0.25, -0.2) is 4.39 Å². The molecule has 2 rings (SSSR count). The van der Waals surface area contributed by atoms with Gasteiger partial charge in [0.15, 0.2) is 0 Å². The molecule has 60 valence electrons. The van der Waals surface area contributed by atoms with E-state index in [4.69, 9.17) is 0 Å². The van der Waals surface area contributed by atoms with Crippen LogP contribution in [-0.2, 0) is 0 Å². The number of hydrogen-bond acceptors (Lipinski definition) is 1. The van der Waals surface area contributed by atoms with Gasteiger partial charge in [0.1, 0.15) is 5.82 Å². The number of rotatable bonds is 0. The van der Waals surface area contributed by atoms with Gasteiger partial charge in [-0.15, -0.1) is 0 Å². The van der Waals surface area contributed by atoms with Gasteiger partial charge in [0.05, 0.1) is 0 Å². The smallest absolute Gasteiger partial charge is 0.123 e. The van der Waals surface area contributed by atoms with E-state index in [0.29, 0.717) is 0 Å². The molecule has 0 bridgehead atoms. The van der Waals surface area contributed by atoms with Crippen molar-refractivity contribution in [1.82, 2.24) is 4.98 Å². The highest BCUT2D eigenvalue weighted by atomic mass is 19.1. The van der Waals surface area contributed by atoms with E-state index in [0.717, 1.165) is 16.5 Å². The van der Waals surface area contributed by atoms with Crippen LogP contribution in [0.2, 0.25) is 0 Å². The van der Waals surface area contributed by atoms with Crippen molar-refractivity contribution in [2.45, 2.75) is 6.92 Å². The molecule has 0 radical (unpaired) electrons. The van der Waals surface area contributed by atoms with Crippen LogP contribution < -0.4 is 0 Å². The summed E-state index contributed by atoms with van der Waals surface area (Å²) >= 11 is 0. The third-order valence-electron chi connectivity index (χ3n) is 1.82. The maximum atomic E-state index is 12.7. The van der Waals surface area contributed by atoms with Gasteiger partial charge in [-0.3, -0.25) is 4.98 Å². The molecule has 1 heterocycles. The van der Waals surface area contributed by atoms with Crippen molar-refractivity contribution >= 4 is 10.8 Å². The Bertz CT molecular complexity index is 382. The van der Waals surface area contributed by atoms with Crippen LogP contribution in [0.15, 0.2) is 30.5 Å². The summed E-state index contributed by atoms with van der Waals surface area (Å²) in [5, 5.41) is 1.88. The van der Waals surface area contributed by atoms with E-state index in [1.807, 2.05) is 13.0 Å². The zero-order chi connectivity index (χ0) is 8.55. The van der Waals surface area contributed by atoms with Crippen molar-refractivity contribution in [2.24, 2.45) is 0 Å². The highest BCUT2D eigenvalue weighted by Crippen LogP contribution is 2.14. The Kier molecular flexibility index (Phi) is 1.54. The second-order valence-electron chi connectivity index (χ2n) is 2.82. The molecule has 0 aliphatic carbocycles. The average Bonchev–Trinajstić information content (AvgIpc) is 2.05. The SMILES string of the molecule is Cc1cc2ccc(F)cc2cn1. The van der Waals surface area contributed by atoms with Gasteiger partial charge in [-0.05, 0) is 30.5 Å². The number of benzene rings is 1. The lowest BCUT2D eigenvalue weighted by atomic mass is 10.1. The molecule has 2 aromatic rings. The average molecular weight is 161 g/mol. The monoisotopic (exact) mass is 161 g/mol. The van der Waals surface area contributed by atoms with Crippen molar-refractivity contribution in [3.8, 4) is 0 Å². The molecule has 0 aliphatic rings. The van der Waals surface area contributed by atoms with E-state index in [-0.39, 0.29) is 5.82 Å². The molecule has 1 aromatic heterocycles. The van der Waals surface area contributed by atoms with E-state index in [1.165, 1.54) is 12.1 Å². The maximum absolute atomic E-state index is 12.7. The van der Waals surface area contributed by atoms with Gasteiger partial charge >= 0.3 is 0 Å². The van der Waals surface area contributed by atoms with Gasteiger partial charge in [0.25, 0.3) is 0 Å². The first-order valence-corrected chi connectivity index (χ1v) is 3.77. The first-order chi connectivity index (χ1) is 5.75. The van der Waals surface area contributed by atoms with Crippen LogP contribution in [0.1, 0.15) is 5.69 Å². The molecule has 0 amide bonds. The minimum atomic E-state index is -0.215. The van der Waals surface area contributed by atoms with Crippen LogP contribution in [0.3, 0.4) is 0 Å². The quantitative estimate of drug-likeness (QED) is 0.578. The first kappa shape index (κ1) is 7.22. The lowest BCUT2D eigenvalue weighted by Gasteiger charge is -1.97. The number of halogens is 1. The summed E-state index contributed by atoms with van der Waals surface area (Å²) in [6, 6.07) is 6.65. The molecule has 2 heteroatoms. The second kappa shape index (κ2) is 2.55. The Morgan fingerprint density at radius 2 is 2.00 bits per heavy atom. The van der Waals surface area contributed by atoms with Crippen molar-refractivity contribution in [2.75, 3.05) is 0 Å². The van der Waals surface area contributed by atoms with Crippen molar-refractivity contribution in [3.63, 3.8) is 0 Å². The fourth-order valence-electron chi connectivity index (χ4n) is 1.22. The Balaban J connectivity index is 2.79. The summed E-state index contributed by atoms with van der Waals surface area (Å²) in [6.07, 6.45) is 1.69. The molecule has 1 nitrogen and oxygen atoms in total. The third-order valence-corrected chi connectivity index (χ3v) is 1.82. The van der Waals surface area contributed by atoms with E-state index in [1.54, 1.807) is 12.3 Å². The summed E-state index contributed by atoms with van der Waals surface area (Å²) in [4.78, 5) is 4.08. The molecule has 1 aromatic carbocycles. The molecule has 12 heavy (non-hydrogen) atoms. The van der Waals surface area contributed by atoms with Crippen molar-refractivity contribution < 1.29 is 4.39 Å². The Morgan fingerprint density at radius 1 is 1.17 bits per heavy atom. The second-order valence-corrected chi connectivity index (χ2v) is 2.82. The molecule has 0 saturated carbocycles. The minimum Gasteiger partial charge on any atom is -0.261 e. The van der Waals surface area contributed by atoms with Gasteiger partial charge in [0.2, 0.25) is 0 Å².